The van der Waals surface area contributed by atoms with Crippen LogP contribution in [0.1, 0.15) is 83.9 Å². The van der Waals surface area contributed by atoms with E-state index in [1.165, 1.54) is 33.5 Å². The predicted molar refractivity (Wildman–Crippen MR) is 162 cm³/mol. The molecule has 2 aromatic heterocycles. The molecular formula is C35H41IrN2O2-. The van der Waals surface area contributed by atoms with Gasteiger partial charge < -0.3 is 5.11 Å². The molecule has 5 rings (SSSR count). The van der Waals surface area contributed by atoms with Crippen molar-refractivity contribution in [3.8, 4) is 11.3 Å². The van der Waals surface area contributed by atoms with Crippen molar-refractivity contribution < 1.29 is 30.0 Å². The molecule has 1 radical (unpaired) electrons. The second-order valence-electron chi connectivity index (χ2n) is 11.2. The van der Waals surface area contributed by atoms with Crippen LogP contribution in [0.3, 0.4) is 0 Å². The van der Waals surface area contributed by atoms with Crippen molar-refractivity contribution >= 4 is 27.5 Å². The molecule has 1 N–H and O–H groups in total. The second-order valence-corrected chi connectivity index (χ2v) is 11.2. The minimum absolute atomic E-state index is 0. The van der Waals surface area contributed by atoms with Gasteiger partial charge in [-0.15, -0.1) is 23.8 Å². The summed E-state index contributed by atoms with van der Waals surface area (Å²) in [7, 11) is 0. The smallest absolute Gasteiger partial charge is 0.162 e. The summed E-state index contributed by atoms with van der Waals surface area (Å²) in [4.78, 5) is 21.2. The Balaban J connectivity index is 0.000000243. The Hall–Kier alpha value is -2.88. The van der Waals surface area contributed by atoms with Crippen LogP contribution in [0.5, 0.6) is 0 Å². The number of nitrogens with zero attached hydrogens (tertiary/aromatic N) is 2. The number of carbonyl (C=O) groups excluding carboxylic acids is 1. The van der Waals surface area contributed by atoms with Gasteiger partial charge in [0.25, 0.3) is 0 Å². The van der Waals surface area contributed by atoms with Gasteiger partial charge in [0.2, 0.25) is 0 Å². The zero-order valence-corrected chi connectivity index (χ0v) is 27.2. The number of hydrogen-bond acceptors (Lipinski definition) is 4. The fourth-order valence-electron chi connectivity index (χ4n) is 5.72. The van der Waals surface area contributed by atoms with Crippen molar-refractivity contribution in [1.82, 2.24) is 9.97 Å². The van der Waals surface area contributed by atoms with E-state index in [1.54, 1.807) is 0 Å². The SMILES string of the molecule is CCC(CC)C(=O)/C=C(\O)C(CC)CC.Cc1ccc2nc3c(cc2c1)C(C)(C)c1cncc2cc[c-]c-3c12.[Ir]. The van der Waals surface area contributed by atoms with Gasteiger partial charge in [-0.05, 0) is 55.8 Å². The van der Waals surface area contributed by atoms with E-state index in [2.05, 4.69) is 62.2 Å². The number of hydrogen-bond donors (Lipinski definition) is 1. The number of pyridine rings is 2. The third-order valence-electron chi connectivity index (χ3n) is 8.35. The molecule has 0 amide bonds. The normalized spacial score (nSPS) is 13.6. The number of ketones is 1. The number of aryl methyl sites for hydroxylation is 1. The van der Waals surface area contributed by atoms with Gasteiger partial charge in [0.15, 0.2) is 5.78 Å². The number of benzene rings is 2. The van der Waals surface area contributed by atoms with Gasteiger partial charge in [-0.2, -0.15) is 0 Å². The van der Waals surface area contributed by atoms with Crippen LogP contribution in [0.15, 0.2) is 60.6 Å². The van der Waals surface area contributed by atoms with Gasteiger partial charge in [0.1, 0.15) is 0 Å². The average Bonchev–Trinajstić information content (AvgIpc) is 2.92. The number of rotatable bonds is 7. The van der Waals surface area contributed by atoms with Gasteiger partial charge in [-0.1, -0.05) is 81.1 Å². The molecule has 4 nitrogen and oxygen atoms in total. The van der Waals surface area contributed by atoms with E-state index in [4.69, 9.17) is 4.98 Å². The minimum atomic E-state index is -0.130. The van der Waals surface area contributed by atoms with Gasteiger partial charge >= 0.3 is 0 Å². The summed E-state index contributed by atoms with van der Waals surface area (Å²) >= 11 is 0. The topological polar surface area (TPSA) is 63.1 Å². The average molecular weight is 714 g/mol. The van der Waals surface area contributed by atoms with E-state index in [-0.39, 0.29) is 48.9 Å². The molecule has 4 aromatic rings. The Morgan fingerprint density at radius 3 is 2.27 bits per heavy atom. The third-order valence-corrected chi connectivity index (χ3v) is 8.35. The Bertz CT molecular complexity index is 1530. The molecule has 0 spiro atoms. The molecule has 40 heavy (non-hydrogen) atoms. The van der Waals surface area contributed by atoms with E-state index in [9.17, 15) is 9.90 Å². The fraction of sp³-hybridized carbons (Fsp3) is 0.400. The molecule has 0 fully saturated rings. The minimum Gasteiger partial charge on any atom is -0.512 e. The van der Waals surface area contributed by atoms with Crippen LogP contribution in [-0.4, -0.2) is 20.9 Å². The standard InChI is InChI=1S/C22H17N2.C13H24O2.Ir/c1-13-7-8-19-15(9-13)10-17-21(24-19)16-6-4-5-14-11-23-12-18(20(14)16)22(17,2)3;1-5-10(6-2)12(14)9-13(15)11(7-3)8-4;/h4-5,7-12H,1-3H3;9-11,14H,5-8H2,1-4H3;/q-1;;/b;12-9-;. The maximum absolute atomic E-state index is 11.7. The van der Waals surface area contributed by atoms with Crippen molar-refractivity contribution in [2.45, 2.75) is 79.6 Å². The second kappa shape index (κ2) is 13.2. The first-order chi connectivity index (χ1) is 18.7. The first kappa shape index (κ1) is 31.6. The number of carbonyl (C=O) groups is 1. The van der Waals surface area contributed by atoms with Crippen molar-refractivity contribution in [2.24, 2.45) is 11.8 Å². The maximum atomic E-state index is 11.7. The number of aromatic nitrogens is 2. The van der Waals surface area contributed by atoms with Crippen molar-refractivity contribution in [3.63, 3.8) is 0 Å². The van der Waals surface area contributed by atoms with Crippen molar-refractivity contribution in [1.29, 1.82) is 0 Å². The predicted octanol–water partition coefficient (Wildman–Crippen LogP) is 9.07. The molecule has 1 aliphatic carbocycles. The first-order valence-electron chi connectivity index (χ1n) is 14.3. The van der Waals surface area contributed by atoms with Crippen LogP contribution in [0.2, 0.25) is 0 Å². The Labute approximate surface area is 252 Å². The van der Waals surface area contributed by atoms with Crippen LogP contribution in [0, 0.1) is 24.8 Å². The van der Waals surface area contributed by atoms with E-state index in [0.717, 1.165) is 47.8 Å². The Kier molecular flexibility index (Phi) is 10.4. The number of aliphatic hydroxyl groups is 1. The zero-order valence-electron chi connectivity index (χ0n) is 24.8. The molecule has 0 saturated carbocycles. The molecule has 0 unspecified atom stereocenters. The molecule has 1 aliphatic rings. The summed E-state index contributed by atoms with van der Waals surface area (Å²) < 4.78 is 0. The van der Waals surface area contributed by atoms with Crippen molar-refractivity contribution in [3.05, 3.63) is 83.4 Å². The number of fused-ring (bicyclic) bond motifs is 3. The monoisotopic (exact) mass is 714 g/mol. The molecule has 0 atom stereocenters. The van der Waals surface area contributed by atoms with Gasteiger partial charge in [0.05, 0.1) is 11.3 Å². The van der Waals surface area contributed by atoms with Gasteiger partial charge in [-0.3, -0.25) is 14.8 Å². The molecule has 2 heterocycles. The summed E-state index contributed by atoms with van der Waals surface area (Å²) in [6.45, 7) is 14.7. The zero-order chi connectivity index (χ0) is 28.3. The molecule has 5 heteroatoms. The fourth-order valence-corrected chi connectivity index (χ4v) is 5.72. The molecule has 213 valence electrons. The van der Waals surface area contributed by atoms with Crippen molar-refractivity contribution in [2.75, 3.05) is 0 Å². The van der Waals surface area contributed by atoms with Crippen LogP contribution in [-0.2, 0) is 30.3 Å². The maximum Gasteiger partial charge on any atom is 0.162 e. The quantitative estimate of drug-likeness (QED) is 0.118. The third kappa shape index (κ3) is 6.06. The molecule has 0 saturated heterocycles. The first-order valence-corrected chi connectivity index (χ1v) is 14.3. The van der Waals surface area contributed by atoms with E-state index < -0.39 is 0 Å². The summed E-state index contributed by atoms with van der Waals surface area (Å²) in [5.41, 5.74) is 6.83. The summed E-state index contributed by atoms with van der Waals surface area (Å²) in [5.74, 6) is 0.547. The Morgan fingerprint density at radius 1 is 0.950 bits per heavy atom. The van der Waals surface area contributed by atoms with Crippen LogP contribution < -0.4 is 0 Å². The molecule has 0 aliphatic heterocycles. The van der Waals surface area contributed by atoms with Crippen LogP contribution in [0.4, 0.5) is 0 Å². The van der Waals surface area contributed by atoms with Gasteiger partial charge in [0, 0.05) is 55.8 Å². The molecule has 2 aromatic carbocycles. The van der Waals surface area contributed by atoms with Crippen LogP contribution in [0.25, 0.3) is 32.9 Å². The van der Waals surface area contributed by atoms with Crippen LogP contribution >= 0.6 is 0 Å². The number of allylic oxidation sites excluding steroid dienone is 2. The summed E-state index contributed by atoms with van der Waals surface area (Å²) in [5, 5.41) is 13.4. The molecular weight excluding hydrogens is 673 g/mol. The van der Waals surface area contributed by atoms with Gasteiger partial charge in [-0.25, -0.2) is 0 Å². The summed E-state index contributed by atoms with van der Waals surface area (Å²) in [6, 6.07) is 16.2. The van der Waals surface area contributed by atoms with E-state index >= 15 is 0 Å². The molecule has 0 bridgehead atoms. The van der Waals surface area contributed by atoms with E-state index in [1.807, 2.05) is 46.2 Å². The Morgan fingerprint density at radius 2 is 1.62 bits per heavy atom. The largest absolute Gasteiger partial charge is 0.512 e. The number of aliphatic hydroxyl groups excluding tert-OH is 1. The van der Waals surface area contributed by atoms with E-state index in [0.29, 0.717) is 0 Å². The summed E-state index contributed by atoms with van der Waals surface area (Å²) in [6.07, 6.45) is 8.84.